The van der Waals surface area contributed by atoms with E-state index in [4.69, 9.17) is 5.11 Å². The van der Waals surface area contributed by atoms with E-state index in [0.717, 1.165) is 22.0 Å². The number of aliphatic hydroxyl groups excluding tert-OH is 1. The largest absolute Gasteiger partial charge is 0.392 e. The molecule has 18 heavy (non-hydrogen) atoms. The predicted molar refractivity (Wildman–Crippen MR) is 73.5 cm³/mol. The minimum absolute atomic E-state index is 0.0801. The van der Waals surface area contributed by atoms with Crippen LogP contribution in [0.25, 0.3) is 0 Å². The number of hydrogen-bond donors (Lipinski definition) is 2. The lowest BCUT2D eigenvalue weighted by atomic mass is 10.1. The minimum Gasteiger partial charge on any atom is -0.392 e. The molecule has 2 aromatic rings. The Morgan fingerprint density at radius 1 is 1.17 bits per heavy atom. The van der Waals surface area contributed by atoms with Gasteiger partial charge in [0.1, 0.15) is 17.2 Å². The van der Waals surface area contributed by atoms with Gasteiger partial charge in [0.25, 0.3) is 0 Å². The lowest BCUT2D eigenvalue weighted by molar-refractivity contribution is 0.282. The van der Waals surface area contributed by atoms with E-state index >= 15 is 0 Å². The van der Waals surface area contributed by atoms with E-state index in [1.54, 1.807) is 18.1 Å². The summed E-state index contributed by atoms with van der Waals surface area (Å²) < 4.78 is 0. The summed E-state index contributed by atoms with van der Waals surface area (Å²) in [6.07, 6.45) is 3.54. The standard InChI is InChI=1S/C13H15N3OS/c1-18-13-6-12(15-9-16-13)14-7-10-2-4-11(8-17)5-3-10/h2-6,9,17H,7-8H2,1H3,(H,14,15,16). The van der Waals surface area contributed by atoms with Crippen LogP contribution in [0.1, 0.15) is 11.1 Å². The Kier molecular flexibility index (Phi) is 4.55. The van der Waals surface area contributed by atoms with Crippen molar-refractivity contribution in [3.63, 3.8) is 0 Å². The molecule has 1 aromatic carbocycles. The summed E-state index contributed by atoms with van der Waals surface area (Å²) in [5.74, 6) is 0.820. The maximum absolute atomic E-state index is 8.96. The van der Waals surface area contributed by atoms with E-state index in [0.29, 0.717) is 6.54 Å². The highest BCUT2D eigenvalue weighted by atomic mass is 32.2. The number of thioether (sulfide) groups is 1. The Morgan fingerprint density at radius 2 is 1.89 bits per heavy atom. The third kappa shape index (κ3) is 3.45. The molecule has 5 heteroatoms. The molecule has 0 aliphatic carbocycles. The molecule has 1 aromatic heterocycles. The molecule has 0 radical (unpaired) electrons. The van der Waals surface area contributed by atoms with Crippen LogP contribution in [0, 0.1) is 0 Å². The van der Waals surface area contributed by atoms with E-state index in [1.165, 1.54) is 0 Å². The van der Waals surface area contributed by atoms with Gasteiger partial charge in [0.15, 0.2) is 0 Å². The monoisotopic (exact) mass is 261 g/mol. The van der Waals surface area contributed by atoms with Gasteiger partial charge in [0.2, 0.25) is 0 Å². The fourth-order valence-corrected chi connectivity index (χ4v) is 1.88. The molecule has 0 atom stereocenters. The highest BCUT2D eigenvalue weighted by Crippen LogP contribution is 2.14. The second-order valence-corrected chi connectivity index (χ2v) is 4.60. The fourth-order valence-electron chi connectivity index (χ4n) is 1.50. The molecule has 0 unspecified atom stereocenters. The van der Waals surface area contributed by atoms with Gasteiger partial charge < -0.3 is 10.4 Å². The van der Waals surface area contributed by atoms with Gasteiger partial charge in [-0.3, -0.25) is 0 Å². The van der Waals surface area contributed by atoms with Crippen molar-refractivity contribution in [2.24, 2.45) is 0 Å². The topological polar surface area (TPSA) is 58.0 Å². The van der Waals surface area contributed by atoms with Gasteiger partial charge in [0.05, 0.1) is 6.61 Å². The van der Waals surface area contributed by atoms with E-state index in [-0.39, 0.29) is 6.61 Å². The van der Waals surface area contributed by atoms with Crippen molar-refractivity contribution >= 4 is 17.6 Å². The normalized spacial score (nSPS) is 10.3. The molecule has 2 rings (SSSR count). The average Bonchev–Trinajstić information content (AvgIpc) is 2.46. The first-order chi connectivity index (χ1) is 8.81. The first-order valence-electron chi connectivity index (χ1n) is 5.60. The van der Waals surface area contributed by atoms with Crippen LogP contribution in [-0.2, 0) is 13.2 Å². The predicted octanol–water partition coefficient (Wildman–Crippen LogP) is 2.30. The Morgan fingerprint density at radius 3 is 2.56 bits per heavy atom. The average molecular weight is 261 g/mol. The summed E-state index contributed by atoms with van der Waals surface area (Å²) in [5, 5.41) is 13.2. The van der Waals surface area contributed by atoms with E-state index in [1.807, 2.05) is 36.6 Å². The van der Waals surface area contributed by atoms with Crippen molar-refractivity contribution < 1.29 is 5.11 Å². The summed E-state index contributed by atoms with van der Waals surface area (Å²) in [4.78, 5) is 8.28. The number of nitrogens with one attached hydrogen (secondary N) is 1. The van der Waals surface area contributed by atoms with Crippen molar-refractivity contribution in [3.05, 3.63) is 47.8 Å². The maximum Gasteiger partial charge on any atom is 0.130 e. The van der Waals surface area contributed by atoms with E-state index < -0.39 is 0 Å². The second kappa shape index (κ2) is 6.37. The van der Waals surface area contributed by atoms with Crippen molar-refractivity contribution in [2.75, 3.05) is 11.6 Å². The highest BCUT2D eigenvalue weighted by Gasteiger charge is 1.98. The Labute approximate surface area is 110 Å². The molecule has 4 nitrogen and oxygen atoms in total. The summed E-state index contributed by atoms with van der Waals surface area (Å²) in [5.41, 5.74) is 2.07. The van der Waals surface area contributed by atoms with Gasteiger partial charge in [-0.05, 0) is 17.4 Å². The number of rotatable bonds is 5. The molecule has 0 spiro atoms. The third-order valence-electron chi connectivity index (χ3n) is 2.53. The second-order valence-electron chi connectivity index (χ2n) is 3.77. The van der Waals surface area contributed by atoms with Crippen LogP contribution in [0.15, 0.2) is 41.7 Å². The number of aliphatic hydroxyl groups is 1. The molecular weight excluding hydrogens is 246 g/mol. The molecule has 2 N–H and O–H groups in total. The van der Waals surface area contributed by atoms with Gasteiger partial charge in [0, 0.05) is 12.6 Å². The molecular formula is C13H15N3OS. The van der Waals surface area contributed by atoms with Crippen molar-refractivity contribution in [1.29, 1.82) is 0 Å². The van der Waals surface area contributed by atoms with Gasteiger partial charge >= 0.3 is 0 Å². The maximum atomic E-state index is 8.96. The lowest BCUT2D eigenvalue weighted by Crippen LogP contribution is -2.02. The molecule has 0 aliphatic heterocycles. The molecule has 0 fully saturated rings. The number of hydrogen-bond acceptors (Lipinski definition) is 5. The SMILES string of the molecule is CSc1cc(NCc2ccc(CO)cc2)ncn1. The minimum atomic E-state index is 0.0801. The van der Waals surface area contributed by atoms with Gasteiger partial charge in [-0.15, -0.1) is 11.8 Å². The fraction of sp³-hybridized carbons (Fsp3) is 0.231. The molecule has 0 bridgehead atoms. The Hall–Kier alpha value is -1.59. The zero-order chi connectivity index (χ0) is 12.8. The van der Waals surface area contributed by atoms with Crippen LogP contribution in [-0.4, -0.2) is 21.3 Å². The van der Waals surface area contributed by atoms with Crippen LogP contribution in [0.4, 0.5) is 5.82 Å². The highest BCUT2D eigenvalue weighted by molar-refractivity contribution is 7.98. The van der Waals surface area contributed by atoms with Crippen LogP contribution in [0.3, 0.4) is 0 Å². The van der Waals surface area contributed by atoms with Crippen molar-refractivity contribution in [3.8, 4) is 0 Å². The Balaban J connectivity index is 1.97. The van der Waals surface area contributed by atoms with E-state index in [2.05, 4.69) is 15.3 Å². The number of benzene rings is 1. The number of anilines is 1. The number of nitrogens with zero attached hydrogens (tertiary/aromatic N) is 2. The molecule has 0 amide bonds. The zero-order valence-electron chi connectivity index (χ0n) is 10.1. The summed E-state index contributed by atoms with van der Waals surface area (Å²) in [6, 6.07) is 9.76. The van der Waals surface area contributed by atoms with Crippen LogP contribution in [0.5, 0.6) is 0 Å². The zero-order valence-corrected chi connectivity index (χ0v) is 10.9. The first-order valence-corrected chi connectivity index (χ1v) is 6.83. The molecule has 1 heterocycles. The van der Waals surface area contributed by atoms with Gasteiger partial charge in [-0.2, -0.15) is 0 Å². The first kappa shape index (κ1) is 12.9. The Bertz CT molecular complexity index is 502. The molecule has 0 aliphatic rings. The smallest absolute Gasteiger partial charge is 0.130 e. The van der Waals surface area contributed by atoms with Crippen molar-refractivity contribution in [1.82, 2.24) is 9.97 Å². The van der Waals surface area contributed by atoms with Gasteiger partial charge in [-0.1, -0.05) is 24.3 Å². The van der Waals surface area contributed by atoms with Crippen molar-refractivity contribution in [2.45, 2.75) is 18.2 Å². The van der Waals surface area contributed by atoms with Crippen LogP contribution < -0.4 is 5.32 Å². The quantitative estimate of drug-likeness (QED) is 0.639. The third-order valence-corrected chi connectivity index (χ3v) is 3.17. The molecule has 94 valence electrons. The van der Waals surface area contributed by atoms with Crippen LogP contribution in [0.2, 0.25) is 0 Å². The number of aromatic nitrogens is 2. The molecule has 0 saturated heterocycles. The van der Waals surface area contributed by atoms with Gasteiger partial charge in [-0.25, -0.2) is 9.97 Å². The summed E-state index contributed by atoms with van der Waals surface area (Å²) in [7, 11) is 0. The summed E-state index contributed by atoms with van der Waals surface area (Å²) >= 11 is 1.59. The lowest BCUT2D eigenvalue weighted by Gasteiger charge is -2.06. The van der Waals surface area contributed by atoms with E-state index in [9.17, 15) is 0 Å². The summed E-state index contributed by atoms with van der Waals surface area (Å²) in [6.45, 7) is 0.785. The molecule has 0 saturated carbocycles. The van der Waals surface area contributed by atoms with Crippen LogP contribution >= 0.6 is 11.8 Å².